The summed E-state index contributed by atoms with van der Waals surface area (Å²) in [5, 5.41) is 3.59. The molecule has 104 valence electrons. The lowest BCUT2D eigenvalue weighted by Crippen LogP contribution is -2.30. The van der Waals surface area contributed by atoms with Crippen LogP contribution in [0.25, 0.3) is 0 Å². The van der Waals surface area contributed by atoms with Crippen LogP contribution >= 0.6 is 0 Å². The van der Waals surface area contributed by atoms with Crippen molar-refractivity contribution in [3.8, 4) is 0 Å². The Morgan fingerprint density at radius 3 is 2.11 bits per heavy atom. The highest BCUT2D eigenvalue weighted by Gasteiger charge is 2.30. The van der Waals surface area contributed by atoms with Gasteiger partial charge in [-0.05, 0) is 30.3 Å². The summed E-state index contributed by atoms with van der Waals surface area (Å²) in [6, 6.07) is 0. The molecule has 0 unspecified atom stereocenters. The highest BCUT2D eigenvalue weighted by molar-refractivity contribution is 5.33. The molecule has 0 saturated heterocycles. The van der Waals surface area contributed by atoms with Gasteiger partial charge >= 0.3 is 0 Å². The number of allylic oxidation sites excluding steroid dienone is 3. The number of hydrogen-bond donors (Lipinski definition) is 1. The van der Waals surface area contributed by atoms with Crippen molar-refractivity contribution >= 4 is 0 Å². The lowest BCUT2D eigenvalue weighted by Gasteiger charge is -2.36. The van der Waals surface area contributed by atoms with E-state index in [0.29, 0.717) is 0 Å². The number of hydrogen-bond acceptors (Lipinski definition) is 1. The summed E-state index contributed by atoms with van der Waals surface area (Å²) in [6.45, 7) is 16.2. The van der Waals surface area contributed by atoms with Crippen molar-refractivity contribution in [3.05, 3.63) is 23.0 Å². The topological polar surface area (TPSA) is 12.0 Å². The van der Waals surface area contributed by atoms with Gasteiger partial charge in [0.25, 0.3) is 0 Å². The summed E-state index contributed by atoms with van der Waals surface area (Å²) in [5.74, 6) is 0. The monoisotopic (exact) mass is 249 g/mol. The largest absolute Gasteiger partial charge is 0.365 e. The normalized spacial score (nSPS) is 17.6. The summed E-state index contributed by atoms with van der Waals surface area (Å²) in [4.78, 5) is 0. The van der Waals surface area contributed by atoms with E-state index in [1.807, 2.05) is 0 Å². The first-order chi connectivity index (χ1) is 8.16. The van der Waals surface area contributed by atoms with Crippen LogP contribution in [0.4, 0.5) is 0 Å². The van der Waals surface area contributed by atoms with Crippen LogP contribution in [0, 0.1) is 10.8 Å². The van der Waals surface area contributed by atoms with Gasteiger partial charge in [-0.2, -0.15) is 0 Å². The molecule has 0 spiro atoms. The molecule has 0 aromatic carbocycles. The van der Waals surface area contributed by atoms with Crippen LogP contribution < -0.4 is 5.32 Å². The molecule has 1 N–H and O–H groups in total. The Labute approximate surface area is 114 Å². The van der Waals surface area contributed by atoms with Crippen LogP contribution in [0.5, 0.6) is 0 Å². The summed E-state index contributed by atoms with van der Waals surface area (Å²) < 4.78 is 0. The van der Waals surface area contributed by atoms with Crippen LogP contribution in [0.15, 0.2) is 23.0 Å². The Bertz CT molecular complexity index is 345. The van der Waals surface area contributed by atoms with Crippen LogP contribution in [0.1, 0.15) is 74.1 Å². The van der Waals surface area contributed by atoms with E-state index in [9.17, 15) is 0 Å². The third-order valence-corrected chi connectivity index (χ3v) is 3.63. The SMILES string of the molecule is CCCCC1=CNC(C(C)(C)C)=C(C(C)(C)C)C1. The zero-order valence-corrected chi connectivity index (χ0v) is 13.4. The Hall–Kier alpha value is -0.720. The van der Waals surface area contributed by atoms with Gasteiger partial charge in [0.05, 0.1) is 0 Å². The molecule has 1 nitrogen and oxygen atoms in total. The number of nitrogens with one attached hydrogen (secondary N) is 1. The maximum atomic E-state index is 3.59. The van der Waals surface area contributed by atoms with E-state index >= 15 is 0 Å². The Kier molecular flexibility index (Phi) is 4.69. The third-order valence-electron chi connectivity index (χ3n) is 3.63. The lowest BCUT2D eigenvalue weighted by molar-refractivity contribution is 0.410. The Morgan fingerprint density at radius 1 is 1.06 bits per heavy atom. The fourth-order valence-electron chi connectivity index (χ4n) is 2.50. The minimum Gasteiger partial charge on any atom is -0.365 e. The van der Waals surface area contributed by atoms with Gasteiger partial charge in [-0.1, -0.05) is 60.5 Å². The minimum absolute atomic E-state index is 0.204. The van der Waals surface area contributed by atoms with Crippen molar-refractivity contribution in [2.24, 2.45) is 10.8 Å². The predicted octanol–water partition coefficient (Wildman–Crippen LogP) is 5.40. The number of rotatable bonds is 3. The molecular weight excluding hydrogens is 218 g/mol. The molecule has 0 aliphatic carbocycles. The van der Waals surface area contributed by atoms with E-state index in [2.05, 4.69) is 60.0 Å². The molecule has 0 amide bonds. The summed E-state index contributed by atoms with van der Waals surface area (Å²) in [5.41, 5.74) is 5.03. The van der Waals surface area contributed by atoms with E-state index in [0.717, 1.165) is 6.42 Å². The molecule has 0 saturated carbocycles. The first-order valence-corrected chi connectivity index (χ1v) is 7.35. The molecule has 0 bridgehead atoms. The van der Waals surface area contributed by atoms with E-state index in [4.69, 9.17) is 0 Å². The summed E-state index contributed by atoms with van der Waals surface area (Å²) >= 11 is 0. The second kappa shape index (κ2) is 5.50. The fourth-order valence-corrected chi connectivity index (χ4v) is 2.50. The minimum atomic E-state index is 0.204. The van der Waals surface area contributed by atoms with Gasteiger partial charge in [0.2, 0.25) is 0 Å². The molecule has 1 aliphatic heterocycles. The van der Waals surface area contributed by atoms with Crippen molar-refractivity contribution < 1.29 is 0 Å². The molecule has 0 aromatic heterocycles. The first kappa shape index (κ1) is 15.3. The molecule has 0 atom stereocenters. The second-order valence-electron chi connectivity index (χ2n) is 7.58. The highest BCUT2D eigenvalue weighted by atomic mass is 14.9. The molecule has 1 heteroatoms. The van der Waals surface area contributed by atoms with E-state index in [1.165, 1.54) is 25.0 Å². The molecule has 0 fully saturated rings. The zero-order valence-electron chi connectivity index (χ0n) is 13.4. The van der Waals surface area contributed by atoms with Gasteiger partial charge in [0.15, 0.2) is 0 Å². The molecule has 1 rings (SSSR count). The smallest absolute Gasteiger partial charge is 0.0201 e. The van der Waals surface area contributed by atoms with Crippen molar-refractivity contribution in [1.82, 2.24) is 5.32 Å². The fraction of sp³-hybridized carbons (Fsp3) is 0.765. The summed E-state index contributed by atoms with van der Waals surface area (Å²) in [6.07, 6.45) is 7.23. The maximum Gasteiger partial charge on any atom is 0.0201 e. The van der Waals surface area contributed by atoms with Crippen LogP contribution in [0.3, 0.4) is 0 Å². The number of dihydropyridines is 1. The molecule has 18 heavy (non-hydrogen) atoms. The van der Waals surface area contributed by atoms with Gasteiger partial charge in [0, 0.05) is 17.3 Å². The average molecular weight is 249 g/mol. The van der Waals surface area contributed by atoms with E-state index < -0.39 is 0 Å². The van der Waals surface area contributed by atoms with Crippen LogP contribution in [-0.4, -0.2) is 0 Å². The second-order valence-corrected chi connectivity index (χ2v) is 7.58. The van der Waals surface area contributed by atoms with Crippen molar-refractivity contribution in [2.45, 2.75) is 74.1 Å². The molecular formula is C17H31N. The Balaban J connectivity index is 2.96. The quantitative estimate of drug-likeness (QED) is 0.706. The van der Waals surface area contributed by atoms with Crippen LogP contribution in [0.2, 0.25) is 0 Å². The average Bonchev–Trinajstić information content (AvgIpc) is 2.23. The van der Waals surface area contributed by atoms with Gasteiger partial charge < -0.3 is 5.32 Å². The van der Waals surface area contributed by atoms with Gasteiger partial charge in [0.1, 0.15) is 0 Å². The number of unbranched alkanes of at least 4 members (excludes halogenated alkanes) is 1. The van der Waals surface area contributed by atoms with Gasteiger partial charge in [-0.25, -0.2) is 0 Å². The van der Waals surface area contributed by atoms with Crippen molar-refractivity contribution in [2.75, 3.05) is 0 Å². The van der Waals surface area contributed by atoms with Gasteiger partial charge in [-0.3, -0.25) is 0 Å². The summed E-state index contributed by atoms with van der Waals surface area (Å²) in [7, 11) is 0. The predicted molar refractivity (Wildman–Crippen MR) is 81.3 cm³/mol. The van der Waals surface area contributed by atoms with Gasteiger partial charge in [-0.15, -0.1) is 0 Å². The standard InChI is InChI=1S/C17H31N/c1-8-9-10-13-11-14(16(2,3)4)15(18-12-13)17(5,6)7/h12,18H,8-11H2,1-7H3. The molecule has 1 heterocycles. The van der Waals surface area contributed by atoms with E-state index in [-0.39, 0.29) is 10.8 Å². The zero-order chi connectivity index (χ0) is 14.0. The van der Waals surface area contributed by atoms with Crippen molar-refractivity contribution in [1.29, 1.82) is 0 Å². The van der Waals surface area contributed by atoms with Crippen LogP contribution in [-0.2, 0) is 0 Å². The molecule has 0 aromatic rings. The van der Waals surface area contributed by atoms with E-state index in [1.54, 1.807) is 11.1 Å². The first-order valence-electron chi connectivity index (χ1n) is 7.35. The lowest BCUT2D eigenvalue weighted by atomic mass is 9.74. The van der Waals surface area contributed by atoms with Crippen molar-refractivity contribution in [3.63, 3.8) is 0 Å². The maximum absolute atomic E-state index is 3.59. The highest BCUT2D eigenvalue weighted by Crippen LogP contribution is 2.41. The molecule has 1 aliphatic rings. The molecule has 0 radical (unpaired) electrons. The third kappa shape index (κ3) is 3.90. The Morgan fingerprint density at radius 2 is 1.67 bits per heavy atom.